The van der Waals surface area contributed by atoms with Crippen molar-refractivity contribution in [2.45, 2.75) is 25.7 Å². The summed E-state index contributed by atoms with van der Waals surface area (Å²) in [7, 11) is 1.56. The Labute approximate surface area is 219 Å². The predicted molar refractivity (Wildman–Crippen MR) is 146 cm³/mol. The summed E-state index contributed by atoms with van der Waals surface area (Å²) in [6.45, 7) is 2.10. The normalized spacial score (nSPS) is 14.8. The number of amides is 2. The minimum atomic E-state index is -0.516. The van der Waals surface area contributed by atoms with Gasteiger partial charge in [-0.2, -0.15) is 0 Å². The zero-order valence-electron chi connectivity index (χ0n) is 21.1. The van der Waals surface area contributed by atoms with Crippen LogP contribution in [0.15, 0.2) is 70.1 Å². The molecule has 3 N–H and O–H groups in total. The van der Waals surface area contributed by atoms with E-state index in [-0.39, 0.29) is 11.5 Å². The summed E-state index contributed by atoms with van der Waals surface area (Å²) in [4.78, 5) is 32.3. The van der Waals surface area contributed by atoms with Crippen LogP contribution in [-0.2, 0) is 12.8 Å². The molecule has 0 spiro atoms. The van der Waals surface area contributed by atoms with Gasteiger partial charge in [0, 0.05) is 35.3 Å². The number of rotatable bonds is 5. The molecule has 8 heteroatoms. The van der Waals surface area contributed by atoms with Gasteiger partial charge in [-0.05, 0) is 79.8 Å². The molecule has 4 aromatic rings. The number of para-hydroxylation sites is 2. The number of benzene rings is 3. The third-order valence-electron chi connectivity index (χ3n) is 7.21. The van der Waals surface area contributed by atoms with E-state index in [1.807, 2.05) is 18.2 Å². The molecule has 0 aliphatic carbocycles. The Morgan fingerprint density at radius 2 is 1.79 bits per heavy atom. The summed E-state index contributed by atoms with van der Waals surface area (Å²) in [5.74, 6) is -0.324. The monoisotopic (exact) mass is 508 g/mol. The van der Waals surface area contributed by atoms with Crippen molar-refractivity contribution in [3.63, 3.8) is 0 Å². The fraction of sp³-hybridized carbons (Fsp3) is 0.233. The lowest BCUT2D eigenvalue weighted by Gasteiger charge is -2.37. The van der Waals surface area contributed by atoms with Crippen molar-refractivity contribution in [1.29, 1.82) is 0 Å². The summed E-state index contributed by atoms with van der Waals surface area (Å²) in [5.41, 5.74) is 11.9. The number of hydrogen-bond donors (Lipinski definition) is 2. The number of aryl methyl sites for hydroxylation is 2. The highest BCUT2D eigenvalue weighted by molar-refractivity contribution is 6.06. The van der Waals surface area contributed by atoms with Crippen molar-refractivity contribution in [2.24, 2.45) is 10.7 Å². The number of nitrogens with one attached hydrogen (secondary N) is 1. The lowest BCUT2D eigenvalue weighted by Crippen LogP contribution is -2.34. The topological polar surface area (TPSA) is 110 Å². The van der Waals surface area contributed by atoms with Crippen LogP contribution in [0.4, 0.5) is 17.1 Å². The average molecular weight is 509 g/mol. The molecule has 2 aliphatic rings. The van der Waals surface area contributed by atoms with E-state index in [9.17, 15) is 9.59 Å². The molecule has 3 aromatic carbocycles. The molecule has 3 heterocycles. The highest BCUT2D eigenvalue weighted by Gasteiger charge is 2.27. The molecule has 0 bridgehead atoms. The second-order valence-electron chi connectivity index (χ2n) is 9.62. The minimum Gasteiger partial charge on any atom is -0.495 e. The first kappa shape index (κ1) is 23.8. The highest BCUT2D eigenvalue weighted by atomic mass is 16.5. The van der Waals surface area contributed by atoms with Gasteiger partial charge in [0.15, 0.2) is 0 Å². The van der Waals surface area contributed by atoms with Crippen molar-refractivity contribution in [3.8, 4) is 5.75 Å². The van der Waals surface area contributed by atoms with Gasteiger partial charge in [0.05, 0.1) is 18.5 Å². The maximum atomic E-state index is 13.6. The SMILES string of the molecule is COc1ccccc1NC(=O)c1cc2cc3c4c(c2oc1=Nc1ccc(C(N)=O)cc1)CCCN4CCC3. The molecule has 6 rings (SSSR count). The maximum Gasteiger partial charge on any atom is 0.261 e. The van der Waals surface area contributed by atoms with Gasteiger partial charge < -0.3 is 25.1 Å². The van der Waals surface area contributed by atoms with Crippen LogP contribution in [0, 0.1) is 0 Å². The van der Waals surface area contributed by atoms with E-state index < -0.39 is 5.91 Å². The van der Waals surface area contributed by atoms with Gasteiger partial charge in [-0.25, -0.2) is 4.99 Å². The van der Waals surface area contributed by atoms with Crippen LogP contribution >= 0.6 is 0 Å². The highest BCUT2D eigenvalue weighted by Crippen LogP contribution is 2.39. The van der Waals surface area contributed by atoms with Gasteiger partial charge in [-0.3, -0.25) is 9.59 Å². The largest absolute Gasteiger partial charge is 0.495 e. The van der Waals surface area contributed by atoms with E-state index in [0.717, 1.165) is 49.7 Å². The maximum absolute atomic E-state index is 13.6. The van der Waals surface area contributed by atoms with Gasteiger partial charge in [-0.15, -0.1) is 0 Å². The quantitative estimate of drug-likeness (QED) is 0.405. The molecule has 0 saturated heterocycles. The summed E-state index contributed by atoms with van der Waals surface area (Å²) in [6, 6.07) is 17.8. The number of primary amides is 1. The van der Waals surface area contributed by atoms with E-state index in [0.29, 0.717) is 28.3 Å². The third-order valence-corrected chi connectivity index (χ3v) is 7.21. The second-order valence-corrected chi connectivity index (χ2v) is 9.62. The van der Waals surface area contributed by atoms with Crippen LogP contribution in [0.5, 0.6) is 5.75 Å². The number of hydrogen-bond acceptors (Lipinski definition) is 6. The molecule has 0 saturated carbocycles. The van der Waals surface area contributed by atoms with Gasteiger partial charge in [0.2, 0.25) is 11.5 Å². The van der Waals surface area contributed by atoms with Crippen LogP contribution in [0.2, 0.25) is 0 Å². The first-order valence-electron chi connectivity index (χ1n) is 12.8. The Bertz CT molecular complexity index is 1640. The van der Waals surface area contributed by atoms with Gasteiger partial charge in [0.25, 0.3) is 5.91 Å². The van der Waals surface area contributed by atoms with Crippen molar-refractivity contribution >= 4 is 39.8 Å². The first-order chi connectivity index (χ1) is 18.5. The number of nitrogens with two attached hydrogens (primary N) is 1. The Kier molecular flexibility index (Phi) is 6.07. The Morgan fingerprint density at radius 1 is 1.03 bits per heavy atom. The van der Waals surface area contributed by atoms with Crippen LogP contribution in [0.1, 0.15) is 44.7 Å². The van der Waals surface area contributed by atoms with Gasteiger partial charge >= 0.3 is 0 Å². The standard InChI is InChI=1S/C30H28N4O4/c1-37-25-9-3-2-8-24(25)33-29(36)23-17-20-16-19-6-4-14-34-15-5-7-22(26(19)34)27(20)38-30(23)32-21-12-10-18(11-13-21)28(31)35/h2-3,8-13,16-17H,4-7,14-15H2,1H3,(H2,31,35)(H,33,36). The number of carbonyl (C=O) groups excluding carboxylic acids is 2. The first-order valence-corrected chi connectivity index (χ1v) is 12.8. The van der Waals surface area contributed by atoms with Crippen LogP contribution < -0.4 is 26.2 Å². The van der Waals surface area contributed by atoms with E-state index in [2.05, 4.69) is 16.3 Å². The molecule has 0 fully saturated rings. The average Bonchev–Trinajstić information content (AvgIpc) is 2.94. The molecule has 0 atom stereocenters. The number of fused-ring (bicyclic) bond motifs is 2. The van der Waals surface area contributed by atoms with Crippen molar-refractivity contribution in [1.82, 2.24) is 0 Å². The zero-order valence-corrected chi connectivity index (χ0v) is 21.1. The Balaban J connectivity index is 1.54. The fourth-order valence-electron chi connectivity index (χ4n) is 5.45. The van der Waals surface area contributed by atoms with Gasteiger partial charge in [-0.1, -0.05) is 12.1 Å². The van der Waals surface area contributed by atoms with Gasteiger partial charge in [0.1, 0.15) is 16.9 Å². The van der Waals surface area contributed by atoms with Crippen molar-refractivity contribution in [3.05, 3.63) is 88.5 Å². The molecule has 8 nitrogen and oxygen atoms in total. The summed E-state index contributed by atoms with van der Waals surface area (Å²) < 4.78 is 11.9. The van der Waals surface area contributed by atoms with Crippen LogP contribution in [-0.4, -0.2) is 32.0 Å². The summed E-state index contributed by atoms with van der Waals surface area (Å²) >= 11 is 0. The molecular formula is C30H28N4O4. The molecule has 2 aliphatic heterocycles. The number of carbonyl (C=O) groups is 2. The lowest BCUT2D eigenvalue weighted by atomic mass is 9.90. The van der Waals surface area contributed by atoms with Crippen molar-refractivity contribution in [2.75, 3.05) is 30.4 Å². The number of ether oxygens (including phenoxy) is 1. The molecule has 0 unspecified atom stereocenters. The van der Waals surface area contributed by atoms with E-state index >= 15 is 0 Å². The third kappa shape index (κ3) is 4.28. The summed E-state index contributed by atoms with van der Waals surface area (Å²) in [5, 5.41) is 3.83. The fourth-order valence-corrected chi connectivity index (χ4v) is 5.45. The summed E-state index contributed by atoms with van der Waals surface area (Å²) in [6.07, 6.45) is 4.10. The van der Waals surface area contributed by atoms with Crippen molar-refractivity contribution < 1.29 is 18.7 Å². The predicted octanol–water partition coefficient (Wildman–Crippen LogP) is 4.72. The number of anilines is 2. The number of nitrogens with zero attached hydrogens (tertiary/aromatic N) is 2. The minimum absolute atomic E-state index is 0.195. The molecule has 192 valence electrons. The molecule has 2 amide bonds. The molecule has 38 heavy (non-hydrogen) atoms. The Morgan fingerprint density at radius 3 is 2.55 bits per heavy atom. The van der Waals surface area contributed by atoms with Crippen LogP contribution in [0.3, 0.4) is 0 Å². The second kappa shape index (κ2) is 9.70. The molecule has 1 aromatic heterocycles. The van der Waals surface area contributed by atoms with E-state index in [1.165, 1.54) is 16.8 Å². The Hall–Kier alpha value is -4.59. The molecular weight excluding hydrogens is 480 g/mol. The lowest BCUT2D eigenvalue weighted by molar-refractivity contribution is 0.0997. The zero-order chi connectivity index (χ0) is 26.2. The van der Waals surface area contributed by atoms with Crippen LogP contribution in [0.25, 0.3) is 11.0 Å². The van der Waals surface area contributed by atoms with E-state index in [4.69, 9.17) is 19.9 Å². The smallest absolute Gasteiger partial charge is 0.261 e. The van der Waals surface area contributed by atoms with E-state index in [1.54, 1.807) is 43.5 Å². The molecule has 0 radical (unpaired) electrons. The number of methoxy groups -OCH3 is 1.